The molecule has 0 aromatic carbocycles. The van der Waals surface area contributed by atoms with Crippen molar-refractivity contribution in [3.8, 4) is 0 Å². The van der Waals surface area contributed by atoms with Gasteiger partial charge in [0.25, 0.3) is 5.69 Å². The first-order chi connectivity index (χ1) is 10.6. The van der Waals surface area contributed by atoms with Gasteiger partial charge in [-0.1, -0.05) is 0 Å². The Balaban J connectivity index is 1.92. The van der Waals surface area contributed by atoms with Gasteiger partial charge in [0.05, 0.1) is 11.5 Å². The van der Waals surface area contributed by atoms with E-state index in [-0.39, 0.29) is 11.6 Å². The van der Waals surface area contributed by atoms with Gasteiger partial charge in [0.1, 0.15) is 12.0 Å². The van der Waals surface area contributed by atoms with Crippen molar-refractivity contribution in [1.82, 2.24) is 15.2 Å². The molecule has 22 heavy (non-hydrogen) atoms. The molecule has 1 aliphatic rings. The highest BCUT2D eigenvalue weighted by atomic mass is 16.6. The second-order valence-corrected chi connectivity index (χ2v) is 5.20. The molecule has 1 aromatic heterocycles. The number of nitrogens with zero attached hydrogens (tertiary/aromatic N) is 4. The number of nitrogens with one attached hydrogen (secondary N) is 1. The number of rotatable bonds is 5. The van der Waals surface area contributed by atoms with Gasteiger partial charge in [0, 0.05) is 38.8 Å². The average molecular weight is 307 g/mol. The van der Waals surface area contributed by atoms with E-state index >= 15 is 0 Å². The van der Waals surface area contributed by atoms with Crippen molar-refractivity contribution in [1.29, 1.82) is 0 Å². The van der Waals surface area contributed by atoms with Gasteiger partial charge >= 0.3 is 0 Å². The maximum Gasteiger partial charge on any atom is 0.287 e. The molecule has 2 heterocycles. The van der Waals surface area contributed by atoms with Crippen LogP contribution in [0.3, 0.4) is 0 Å². The van der Waals surface area contributed by atoms with Crippen molar-refractivity contribution in [2.24, 2.45) is 0 Å². The SMILES string of the molecule is CCNC(=O)CN1CCCN(c2ccc([N+](=O)[O-])cn2)CC1. The molecule has 0 spiro atoms. The third kappa shape index (κ3) is 4.39. The van der Waals surface area contributed by atoms with Crippen molar-refractivity contribution in [3.05, 3.63) is 28.4 Å². The number of hydrogen-bond donors (Lipinski definition) is 1. The third-order valence-corrected chi connectivity index (χ3v) is 3.60. The predicted octanol–water partition coefficient (Wildman–Crippen LogP) is 0.638. The van der Waals surface area contributed by atoms with Gasteiger partial charge in [0.15, 0.2) is 0 Å². The second-order valence-electron chi connectivity index (χ2n) is 5.20. The second kappa shape index (κ2) is 7.69. The molecular weight excluding hydrogens is 286 g/mol. The Morgan fingerprint density at radius 1 is 1.36 bits per heavy atom. The minimum absolute atomic E-state index is 0.00330. The molecule has 0 bridgehead atoms. The summed E-state index contributed by atoms with van der Waals surface area (Å²) in [7, 11) is 0. The van der Waals surface area contributed by atoms with E-state index in [1.165, 1.54) is 12.3 Å². The van der Waals surface area contributed by atoms with E-state index in [1.54, 1.807) is 6.07 Å². The molecule has 0 aliphatic carbocycles. The Hall–Kier alpha value is -2.22. The van der Waals surface area contributed by atoms with E-state index in [2.05, 4.69) is 20.1 Å². The van der Waals surface area contributed by atoms with Crippen LogP contribution in [-0.2, 0) is 4.79 Å². The number of aromatic nitrogens is 1. The zero-order valence-electron chi connectivity index (χ0n) is 12.7. The first kappa shape index (κ1) is 16.2. The van der Waals surface area contributed by atoms with Crippen LogP contribution in [0.4, 0.5) is 11.5 Å². The summed E-state index contributed by atoms with van der Waals surface area (Å²) < 4.78 is 0. The van der Waals surface area contributed by atoms with E-state index in [0.29, 0.717) is 13.1 Å². The number of amides is 1. The summed E-state index contributed by atoms with van der Waals surface area (Å²) in [6, 6.07) is 3.15. The Morgan fingerprint density at radius 3 is 2.82 bits per heavy atom. The topological polar surface area (TPSA) is 91.6 Å². The lowest BCUT2D eigenvalue weighted by Gasteiger charge is -2.22. The summed E-state index contributed by atoms with van der Waals surface area (Å²) in [6.45, 7) is 6.18. The largest absolute Gasteiger partial charge is 0.355 e. The summed E-state index contributed by atoms with van der Waals surface area (Å²) in [5.74, 6) is 0.787. The van der Waals surface area contributed by atoms with Crippen LogP contribution in [0.5, 0.6) is 0 Å². The lowest BCUT2D eigenvalue weighted by molar-refractivity contribution is -0.385. The lowest BCUT2D eigenvalue weighted by Crippen LogP contribution is -2.39. The fourth-order valence-corrected chi connectivity index (χ4v) is 2.49. The van der Waals surface area contributed by atoms with Crippen LogP contribution in [-0.4, -0.2) is 60.0 Å². The highest BCUT2D eigenvalue weighted by Gasteiger charge is 2.18. The molecule has 1 saturated heterocycles. The minimum atomic E-state index is -0.451. The van der Waals surface area contributed by atoms with Crippen LogP contribution >= 0.6 is 0 Å². The van der Waals surface area contributed by atoms with Gasteiger partial charge in [-0.2, -0.15) is 0 Å². The smallest absolute Gasteiger partial charge is 0.287 e. The van der Waals surface area contributed by atoms with Crippen LogP contribution in [0.15, 0.2) is 18.3 Å². The zero-order chi connectivity index (χ0) is 15.9. The van der Waals surface area contributed by atoms with Crippen molar-refractivity contribution >= 4 is 17.4 Å². The molecule has 1 N–H and O–H groups in total. The number of hydrogen-bond acceptors (Lipinski definition) is 6. The molecule has 0 atom stereocenters. The maximum absolute atomic E-state index is 11.6. The summed E-state index contributed by atoms with van der Waals surface area (Å²) in [6.07, 6.45) is 2.21. The molecule has 0 saturated carbocycles. The third-order valence-electron chi connectivity index (χ3n) is 3.60. The fraction of sp³-hybridized carbons (Fsp3) is 0.571. The van der Waals surface area contributed by atoms with Gasteiger partial charge < -0.3 is 10.2 Å². The number of carbonyl (C=O) groups excluding carboxylic acids is 1. The van der Waals surface area contributed by atoms with Crippen molar-refractivity contribution in [3.63, 3.8) is 0 Å². The van der Waals surface area contributed by atoms with Crippen LogP contribution in [0.2, 0.25) is 0 Å². The molecule has 1 amide bonds. The Kier molecular flexibility index (Phi) is 5.65. The van der Waals surface area contributed by atoms with Gasteiger partial charge in [-0.05, 0) is 19.4 Å². The number of likely N-dealkylation sites (N-methyl/N-ethyl adjacent to an activating group) is 1. The highest BCUT2D eigenvalue weighted by molar-refractivity contribution is 5.77. The first-order valence-electron chi connectivity index (χ1n) is 7.44. The summed E-state index contributed by atoms with van der Waals surface area (Å²) >= 11 is 0. The molecular formula is C14H21N5O3. The molecule has 1 aromatic rings. The number of pyridine rings is 1. The van der Waals surface area contributed by atoms with Crippen molar-refractivity contribution < 1.29 is 9.72 Å². The number of carbonyl (C=O) groups is 1. The van der Waals surface area contributed by atoms with Crippen molar-refractivity contribution in [2.75, 3.05) is 44.2 Å². The molecule has 120 valence electrons. The van der Waals surface area contributed by atoms with Crippen LogP contribution in [0.25, 0.3) is 0 Å². The van der Waals surface area contributed by atoms with Crippen LogP contribution in [0.1, 0.15) is 13.3 Å². The Bertz CT molecular complexity index is 520. The van der Waals surface area contributed by atoms with Crippen molar-refractivity contribution in [2.45, 2.75) is 13.3 Å². The minimum Gasteiger partial charge on any atom is -0.355 e. The van der Waals surface area contributed by atoms with Gasteiger partial charge in [-0.3, -0.25) is 19.8 Å². The predicted molar refractivity (Wildman–Crippen MR) is 82.8 cm³/mol. The number of anilines is 1. The monoisotopic (exact) mass is 307 g/mol. The summed E-state index contributed by atoms with van der Waals surface area (Å²) in [5.41, 5.74) is -0.00330. The summed E-state index contributed by atoms with van der Waals surface area (Å²) in [5, 5.41) is 13.5. The molecule has 1 aliphatic heterocycles. The first-order valence-corrected chi connectivity index (χ1v) is 7.44. The van der Waals surface area contributed by atoms with E-state index in [1.807, 2.05) is 6.92 Å². The zero-order valence-corrected chi connectivity index (χ0v) is 12.7. The molecule has 8 nitrogen and oxygen atoms in total. The lowest BCUT2D eigenvalue weighted by atomic mass is 10.3. The van der Waals surface area contributed by atoms with Gasteiger partial charge in [-0.25, -0.2) is 4.98 Å². The van der Waals surface area contributed by atoms with E-state index in [4.69, 9.17) is 0 Å². The van der Waals surface area contributed by atoms with E-state index in [0.717, 1.165) is 38.4 Å². The average Bonchev–Trinajstić information content (AvgIpc) is 2.73. The Morgan fingerprint density at radius 2 is 2.18 bits per heavy atom. The normalized spacial score (nSPS) is 16.1. The van der Waals surface area contributed by atoms with Crippen LogP contribution in [0, 0.1) is 10.1 Å². The molecule has 1 fully saturated rings. The molecule has 8 heteroatoms. The van der Waals surface area contributed by atoms with Gasteiger partial charge in [0.2, 0.25) is 5.91 Å². The highest BCUT2D eigenvalue weighted by Crippen LogP contribution is 2.17. The molecule has 0 unspecified atom stereocenters. The Labute approximate surface area is 129 Å². The van der Waals surface area contributed by atoms with Crippen LogP contribution < -0.4 is 10.2 Å². The quantitative estimate of drug-likeness (QED) is 0.634. The molecule has 0 radical (unpaired) electrons. The van der Waals surface area contributed by atoms with E-state index < -0.39 is 4.92 Å². The maximum atomic E-state index is 11.6. The standard InChI is InChI=1S/C14H21N5O3/c1-2-15-14(20)11-17-6-3-7-18(9-8-17)13-5-4-12(10-16-13)19(21)22/h4-5,10H,2-3,6-9,11H2,1H3,(H,15,20). The summed E-state index contributed by atoms with van der Waals surface area (Å²) in [4.78, 5) is 30.2. The van der Waals surface area contributed by atoms with Gasteiger partial charge in [-0.15, -0.1) is 0 Å². The fourth-order valence-electron chi connectivity index (χ4n) is 2.49. The van der Waals surface area contributed by atoms with E-state index in [9.17, 15) is 14.9 Å². The number of nitro groups is 1. The molecule has 2 rings (SSSR count).